The summed E-state index contributed by atoms with van der Waals surface area (Å²) in [5, 5.41) is 2.29. The van der Waals surface area contributed by atoms with E-state index in [0.717, 1.165) is 12.1 Å². The second-order valence-corrected chi connectivity index (χ2v) is 4.45. The molecule has 0 unspecified atom stereocenters. The van der Waals surface area contributed by atoms with E-state index in [1.165, 1.54) is 12.3 Å². The van der Waals surface area contributed by atoms with E-state index in [-0.39, 0.29) is 15.7 Å². The molecule has 0 bridgehead atoms. The highest BCUT2D eigenvalue weighted by Gasteiger charge is 2.15. The van der Waals surface area contributed by atoms with Crippen molar-refractivity contribution in [1.29, 1.82) is 0 Å². The molecule has 1 aromatic heterocycles. The minimum Gasteiger partial charge on any atom is -0.469 e. The lowest BCUT2D eigenvalue weighted by atomic mass is 10.2. The number of carbonyl (C=O) groups excluding carboxylic acids is 1. The topological polar surface area (TPSA) is 42.2 Å². The molecule has 3 nitrogen and oxygen atoms in total. The van der Waals surface area contributed by atoms with Crippen molar-refractivity contribution in [2.45, 2.75) is 6.92 Å². The molecule has 0 spiro atoms. The Balaban J connectivity index is 2.28. The number of anilines is 1. The van der Waals surface area contributed by atoms with Crippen LogP contribution < -0.4 is 5.32 Å². The summed E-state index contributed by atoms with van der Waals surface area (Å²) in [6.07, 6.45) is 1.35. The molecule has 18 heavy (non-hydrogen) atoms. The lowest BCUT2D eigenvalue weighted by Crippen LogP contribution is -2.13. The summed E-state index contributed by atoms with van der Waals surface area (Å²) < 4.78 is 31.7. The average molecular weight is 316 g/mol. The first-order valence-electron chi connectivity index (χ1n) is 4.99. The standard InChI is InChI=1S/C12H8BrF2NO2/c1-6-7(2-3-18-6)12(17)16-11-5-9(14)8(13)4-10(11)15/h2-5H,1H3,(H,16,17). The van der Waals surface area contributed by atoms with E-state index < -0.39 is 17.5 Å². The molecule has 2 rings (SSSR count). The molecule has 1 N–H and O–H groups in total. The zero-order valence-corrected chi connectivity index (χ0v) is 10.8. The third-order valence-corrected chi connectivity index (χ3v) is 2.97. The molecule has 2 aromatic rings. The molecule has 1 amide bonds. The van der Waals surface area contributed by atoms with Crippen LogP contribution in [0.5, 0.6) is 0 Å². The van der Waals surface area contributed by atoms with Gasteiger partial charge < -0.3 is 9.73 Å². The summed E-state index contributed by atoms with van der Waals surface area (Å²) in [6, 6.07) is 3.32. The number of furan rings is 1. The van der Waals surface area contributed by atoms with Crippen LogP contribution in [0.4, 0.5) is 14.5 Å². The van der Waals surface area contributed by atoms with Gasteiger partial charge >= 0.3 is 0 Å². The molecule has 0 atom stereocenters. The molecule has 1 heterocycles. The molecular formula is C12H8BrF2NO2. The van der Waals surface area contributed by atoms with Gasteiger partial charge in [0, 0.05) is 6.07 Å². The zero-order chi connectivity index (χ0) is 13.3. The average Bonchev–Trinajstić information content (AvgIpc) is 2.72. The van der Waals surface area contributed by atoms with Crippen LogP contribution in [-0.2, 0) is 0 Å². The van der Waals surface area contributed by atoms with Gasteiger partial charge in [0.15, 0.2) is 0 Å². The fourth-order valence-electron chi connectivity index (χ4n) is 1.43. The van der Waals surface area contributed by atoms with E-state index in [4.69, 9.17) is 4.42 Å². The maximum atomic E-state index is 13.5. The lowest BCUT2D eigenvalue weighted by Gasteiger charge is -2.06. The zero-order valence-electron chi connectivity index (χ0n) is 9.26. The van der Waals surface area contributed by atoms with Crippen molar-refractivity contribution >= 4 is 27.5 Å². The number of aryl methyl sites for hydroxylation is 1. The Hall–Kier alpha value is -1.69. The summed E-state index contributed by atoms with van der Waals surface area (Å²) in [5.74, 6) is -1.53. The van der Waals surface area contributed by atoms with Gasteiger partial charge in [-0.1, -0.05) is 0 Å². The molecule has 1 aromatic carbocycles. The SMILES string of the molecule is Cc1occc1C(=O)Nc1cc(F)c(Br)cc1F. The highest BCUT2D eigenvalue weighted by Crippen LogP contribution is 2.24. The van der Waals surface area contributed by atoms with Crippen molar-refractivity contribution < 1.29 is 18.0 Å². The molecule has 0 radical (unpaired) electrons. The van der Waals surface area contributed by atoms with Gasteiger partial charge in [-0.2, -0.15) is 0 Å². The second kappa shape index (κ2) is 4.89. The van der Waals surface area contributed by atoms with Crippen molar-refractivity contribution in [3.05, 3.63) is 51.9 Å². The number of halogens is 3. The van der Waals surface area contributed by atoms with Crippen LogP contribution >= 0.6 is 15.9 Å². The number of carbonyl (C=O) groups is 1. The van der Waals surface area contributed by atoms with E-state index >= 15 is 0 Å². The maximum Gasteiger partial charge on any atom is 0.259 e. The van der Waals surface area contributed by atoms with Gasteiger partial charge in [-0.05, 0) is 35.0 Å². The third-order valence-electron chi connectivity index (χ3n) is 2.36. The highest BCUT2D eigenvalue weighted by molar-refractivity contribution is 9.10. The predicted octanol–water partition coefficient (Wildman–Crippen LogP) is 3.88. The van der Waals surface area contributed by atoms with Gasteiger partial charge in [-0.25, -0.2) is 8.78 Å². The summed E-state index contributed by atoms with van der Waals surface area (Å²) in [5.41, 5.74) is 0.0547. The Labute approximate surface area is 110 Å². The number of hydrogen-bond acceptors (Lipinski definition) is 2. The molecule has 0 aliphatic heterocycles. The number of rotatable bonds is 2. The normalized spacial score (nSPS) is 10.4. The maximum absolute atomic E-state index is 13.5. The summed E-state index contributed by atoms with van der Waals surface area (Å²) in [4.78, 5) is 11.8. The molecular weight excluding hydrogens is 308 g/mol. The largest absolute Gasteiger partial charge is 0.469 e. The number of benzene rings is 1. The fourth-order valence-corrected chi connectivity index (χ4v) is 1.74. The Morgan fingerprint density at radius 2 is 2.06 bits per heavy atom. The van der Waals surface area contributed by atoms with Crippen molar-refractivity contribution in [2.24, 2.45) is 0 Å². The van der Waals surface area contributed by atoms with Crippen LogP contribution in [0.3, 0.4) is 0 Å². The van der Waals surface area contributed by atoms with Crippen molar-refractivity contribution in [2.75, 3.05) is 5.32 Å². The molecule has 0 saturated carbocycles. The van der Waals surface area contributed by atoms with Crippen molar-refractivity contribution in [3.8, 4) is 0 Å². The van der Waals surface area contributed by atoms with Crippen LogP contribution in [0.25, 0.3) is 0 Å². The van der Waals surface area contributed by atoms with E-state index in [1.807, 2.05) is 0 Å². The van der Waals surface area contributed by atoms with Gasteiger partial charge in [0.2, 0.25) is 0 Å². The third kappa shape index (κ3) is 2.43. The van der Waals surface area contributed by atoms with E-state index in [9.17, 15) is 13.6 Å². The van der Waals surface area contributed by atoms with Crippen LogP contribution in [0, 0.1) is 18.6 Å². The van der Waals surface area contributed by atoms with Crippen molar-refractivity contribution in [1.82, 2.24) is 0 Å². The van der Waals surface area contributed by atoms with Gasteiger partial charge in [0.25, 0.3) is 5.91 Å². The first-order valence-corrected chi connectivity index (χ1v) is 5.78. The van der Waals surface area contributed by atoms with E-state index in [2.05, 4.69) is 21.2 Å². The number of nitrogens with one attached hydrogen (secondary N) is 1. The Kier molecular flexibility index (Phi) is 3.47. The fraction of sp³-hybridized carbons (Fsp3) is 0.0833. The van der Waals surface area contributed by atoms with E-state index in [0.29, 0.717) is 5.76 Å². The van der Waals surface area contributed by atoms with E-state index in [1.54, 1.807) is 6.92 Å². The minimum absolute atomic E-state index is 0.00232. The molecule has 94 valence electrons. The molecule has 0 aliphatic rings. The van der Waals surface area contributed by atoms with Crippen LogP contribution in [-0.4, -0.2) is 5.91 Å². The Morgan fingerprint density at radius 1 is 1.33 bits per heavy atom. The van der Waals surface area contributed by atoms with Crippen LogP contribution in [0.2, 0.25) is 0 Å². The quantitative estimate of drug-likeness (QED) is 0.854. The smallest absolute Gasteiger partial charge is 0.259 e. The van der Waals surface area contributed by atoms with Gasteiger partial charge in [-0.15, -0.1) is 0 Å². The summed E-state index contributed by atoms with van der Waals surface area (Å²) >= 11 is 2.85. The summed E-state index contributed by atoms with van der Waals surface area (Å²) in [7, 11) is 0. The monoisotopic (exact) mass is 315 g/mol. The Morgan fingerprint density at radius 3 is 2.67 bits per heavy atom. The first kappa shape index (κ1) is 12.8. The molecule has 0 aliphatic carbocycles. The van der Waals surface area contributed by atoms with Gasteiger partial charge in [0.05, 0.1) is 22.0 Å². The van der Waals surface area contributed by atoms with Crippen LogP contribution in [0.15, 0.2) is 33.4 Å². The molecule has 6 heteroatoms. The number of amides is 1. The number of hydrogen-bond donors (Lipinski definition) is 1. The first-order chi connectivity index (χ1) is 8.49. The molecule has 0 fully saturated rings. The van der Waals surface area contributed by atoms with Gasteiger partial charge in [0.1, 0.15) is 17.4 Å². The van der Waals surface area contributed by atoms with Gasteiger partial charge in [-0.3, -0.25) is 4.79 Å². The Bertz CT molecular complexity index is 610. The second-order valence-electron chi connectivity index (χ2n) is 3.59. The molecule has 0 saturated heterocycles. The van der Waals surface area contributed by atoms with Crippen molar-refractivity contribution in [3.63, 3.8) is 0 Å². The predicted molar refractivity (Wildman–Crippen MR) is 65.5 cm³/mol. The minimum atomic E-state index is -0.724. The van der Waals surface area contributed by atoms with Crippen LogP contribution in [0.1, 0.15) is 16.1 Å². The highest BCUT2D eigenvalue weighted by atomic mass is 79.9. The summed E-state index contributed by atoms with van der Waals surface area (Å²) in [6.45, 7) is 1.60. The lowest BCUT2D eigenvalue weighted by molar-refractivity contribution is 0.102.